The summed E-state index contributed by atoms with van der Waals surface area (Å²) in [7, 11) is 1.73. The normalized spacial score (nSPS) is 10.4. The topological polar surface area (TPSA) is 47.8 Å². The summed E-state index contributed by atoms with van der Waals surface area (Å²) < 4.78 is 2.44. The fraction of sp³-hybridized carbons (Fsp3) is 0.182. The van der Waals surface area contributed by atoms with Crippen LogP contribution in [0.25, 0.3) is 0 Å². The molecule has 2 aromatic heterocycles. The van der Waals surface area contributed by atoms with Gasteiger partial charge in [0.25, 0.3) is 5.56 Å². The van der Waals surface area contributed by atoms with Crippen molar-refractivity contribution in [2.24, 2.45) is 7.05 Å². The predicted molar refractivity (Wildman–Crippen MR) is 64.2 cm³/mol. The standard InChI is InChI=1S/C11H10BrN3O/c1-15-6-9(12)4-8(11(15)16)5-10-2-3-13-7-14-10/h2-4,6-7H,5H2,1H3. The highest BCUT2D eigenvalue weighted by Crippen LogP contribution is 2.10. The number of nitrogens with zero attached hydrogens (tertiary/aromatic N) is 3. The first-order chi connectivity index (χ1) is 7.66. The molecule has 2 aromatic rings. The van der Waals surface area contributed by atoms with E-state index < -0.39 is 0 Å². The summed E-state index contributed by atoms with van der Waals surface area (Å²) in [6.07, 6.45) is 5.42. The van der Waals surface area contributed by atoms with Crippen molar-refractivity contribution < 1.29 is 0 Å². The Balaban J connectivity index is 2.39. The first-order valence-corrected chi connectivity index (χ1v) is 5.56. The van der Waals surface area contributed by atoms with Gasteiger partial charge in [-0.1, -0.05) is 0 Å². The van der Waals surface area contributed by atoms with Crippen LogP contribution in [0.2, 0.25) is 0 Å². The molecular weight excluding hydrogens is 270 g/mol. The van der Waals surface area contributed by atoms with Crippen LogP contribution in [0.1, 0.15) is 11.3 Å². The van der Waals surface area contributed by atoms with Gasteiger partial charge in [-0.3, -0.25) is 4.79 Å². The molecule has 0 saturated heterocycles. The lowest BCUT2D eigenvalue weighted by Crippen LogP contribution is -2.20. The Morgan fingerprint density at radius 1 is 1.50 bits per heavy atom. The molecular formula is C11H10BrN3O. The maximum Gasteiger partial charge on any atom is 0.253 e. The molecule has 0 aliphatic heterocycles. The monoisotopic (exact) mass is 279 g/mol. The lowest BCUT2D eigenvalue weighted by molar-refractivity contribution is 0.830. The zero-order chi connectivity index (χ0) is 11.5. The summed E-state index contributed by atoms with van der Waals surface area (Å²) in [5, 5.41) is 0. The molecule has 0 radical (unpaired) electrons. The van der Waals surface area contributed by atoms with Gasteiger partial charge in [-0.25, -0.2) is 9.97 Å². The molecule has 0 spiro atoms. The molecule has 0 amide bonds. The van der Waals surface area contributed by atoms with E-state index in [1.54, 1.807) is 30.1 Å². The molecule has 0 aliphatic rings. The maximum absolute atomic E-state index is 11.8. The number of aromatic nitrogens is 3. The first kappa shape index (κ1) is 11.0. The molecule has 0 atom stereocenters. The Morgan fingerprint density at radius 2 is 2.31 bits per heavy atom. The van der Waals surface area contributed by atoms with Crippen molar-refractivity contribution >= 4 is 15.9 Å². The first-order valence-electron chi connectivity index (χ1n) is 4.77. The van der Waals surface area contributed by atoms with Crippen molar-refractivity contribution in [1.82, 2.24) is 14.5 Å². The molecule has 0 N–H and O–H groups in total. The van der Waals surface area contributed by atoms with Crippen LogP contribution < -0.4 is 5.56 Å². The summed E-state index contributed by atoms with van der Waals surface area (Å²) >= 11 is 3.37. The quantitative estimate of drug-likeness (QED) is 0.838. The molecule has 2 rings (SSSR count). The molecule has 0 aliphatic carbocycles. The van der Waals surface area contributed by atoms with E-state index in [0.717, 1.165) is 15.7 Å². The minimum atomic E-state index is 0.00168. The minimum absolute atomic E-state index is 0.00168. The second-order valence-corrected chi connectivity index (χ2v) is 4.39. The van der Waals surface area contributed by atoms with Gasteiger partial charge in [0.15, 0.2) is 0 Å². The number of hydrogen-bond acceptors (Lipinski definition) is 3. The van der Waals surface area contributed by atoms with Crippen molar-refractivity contribution in [2.45, 2.75) is 6.42 Å². The van der Waals surface area contributed by atoms with Crippen molar-refractivity contribution in [3.05, 3.63) is 56.9 Å². The zero-order valence-corrected chi connectivity index (χ0v) is 10.3. The Kier molecular flexibility index (Phi) is 3.14. The van der Waals surface area contributed by atoms with Crippen molar-refractivity contribution in [3.63, 3.8) is 0 Å². The van der Waals surface area contributed by atoms with Crippen LogP contribution >= 0.6 is 15.9 Å². The van der Waals surface area contributed by atoms with E-state index in [-0.39, 0.29) is 5.56 Å². The summed E-state index contributed by atoms with van der Waals surface area (Å²) in [5.74, 6) is 0. The highest BCUT2D eigenvalue weighted by atomic mass is 79.9. The molecule has 5 heteroatoms. The van der Waals surface area contributed by atoms with Crippen molar-refractivity contribution in [2.75, 3.05) is 0 Å². The third kappa shape index (κ3) is 2.36. The summed E-state index contributed by atoms with van der Waals surface area (Å²) in [6, 6.07) is 3.63. The highest BCUT2D eigenvalue weighted by molar-refractivity contribution is 9.10. The van der Waals surface area contributed by atoms with Crippen LogP contribution in [0, 0.1) is 0 Å². The van der Waals surface area contributed by atoms with E-state index in [2.05, 4.69) is 25.9 Å². The van der Waals surface area contributed by atoms with Crippen molar-refractivity contribution in [3.8, 4) is 0 Å². The van der Waals surface area contributed by atoms with Gasteiger partial charge in [0.1, 0.15) is 6.33 Å². The lowest BCUT2D eigenvalue weighted by atomic mass is 10.1. The Morgan fingerprint density at radius 3 is 3.00 bits per heavy atom. The highest BCUT2D eigenvalue weighted by Gasteiger charge is 2.05. The summed E-state index contributed by atoms with van der Waals surface area (Å²) in [5.41, 5.74) is 1.56. The number of hydrogen-bond donors (Lipinski definition) is 0. The van der Waals surface area contributed by atoms with Crippen LogP contribution in [0.4, 0.5) is 0 Å². The predicted octanol–water partition coefficient (Wildman–Crippen LogP) is 1.53. The van der Waals surface area contributed by atoms with Gasteiger partial charge in [0, 0.05) is 41.6 Å². The van der Waals surface area contributed by atoms with Gasteiger partial charge >= 0.3 is 0 Å². The summed E-state index contributed by atoms with van der Waals surface area (Å²) in [6.45, 7) is 0. The number of aryl methyl sites for hydroxylation is 1. The third-order valence-electron chi connectivity index (χ3n) is 2.24. The number of pyridine rings is 1. The molecule has 0 fully saturated rings. The van der Waals surface area contributed by atoms with Crippen LogP contribution in [0.15, 0.2) is 40.1 Å². The average molecular weight is 280 g/mol. The largest absolute Gasteiger partial charge is 0.317 e. The molecule has 82 valence electrons. The molecule has 0 aromatic carbocycles. The molecule has 2 heterocycles. The Hall–Kier alpha value is -1.49. The average Bonchev–Trinajstić information content (AvgIpc) is 2.27. The zero-order valence-electron chi connectivity index (χ0n) is 8.72. The fourth-order valence-corrected chi connectivity index (χ4v) is 2.06. The van der Waals surface area contributed by atoms with Crippen LogP contribution in [-0.2, 0) is 13.5 Å². The van der Waals surface area contributed by atoms with Gasteiger partial charge in [0.2, 0.25) is 0 Å². The van der Waals surface area contributed by atoms with Crippen LogP contribution in [0.3, 0.4) is 0 Å². The minimum Gasteiger partial charge on any atom is -0.317 e. The van der Waals surface area contributed by atoms with E-state index in [4.69, 9.17) is 0 Å². The maximum atomic E-state index is 11.8. The summed E-state index contributed by atoms with van der Waals surface area (Å²) in [4.78, 5) is 19.8. The van der Waals surface area contributed by atoms with E-state index in [1.807, 2.05) is 6.07 Å². The smallest absolute Gasteiger partial charge is 0.253 e. The van der Waals surface area contributed by atoms with Gasteiger partial charge < -0.3 is 4.57 Å². The molecule has 0 saturated carbocycles. The van der Waals surface area contributed by atoms with Gasteiger partial charge in [0.05, 0.1) is 0 Å². The SMILES string of the molecule is Cn1cc(Br)cc(Cc2ccncn2)c1=O. The number of halogens is 1. The number of rotatable bonds is 2. The molecule has 0 bridgehead atoms. The third-order valence-corrected chi connectivity index (χ3v) is 2.67. The van der Waals surface area contributed by atoms with Crippen molar-refractivity contribution in [1.29, 1.82) is 0 Å². The van der Waals surface area contributed by atoms with E-state index in [0.29, 0.717) is 6.42 Å². The van der Waals surface area contributed by atoms with Gasteiger partial charge in [-0.15, -0.1) is 0 Å². The van der Waals surface area contributed by atoms with Crippen LogP contribution in [-0.4, -0.2) is 14.5 Å². The second kappa shape index (κ2) is 4.57. The van der Waals surface area contributed by atoms with E-state index in [9.17, 15) is 4.79 Å². The van der Waals surface area contributed by atoms with Crippen LogP contribution in [0.5, 0.6) is 0 Å². The molecule has 4 nitrogen and oxygen atoms in total. The second-order valence-electron chi connectivity index (χ2n) is 3.48. The van der Waals surface area contributed by atoms with Gasteiger partial charge in [-0.05, 0) is 28.1 Å². The van der Waals surface area contributed by atoms with E-state index in [1.165, 1.54) is 6.33 Å². The van der Waals surface area contributed by atoms with E-state index >= 15 is 0 Å². The fourth-order valence-electron chi connectivity index (χ4n) is 1.48. The Bertz CT molecular complexity index is 551. The molecule has 16 heavy (non-hydrogen) atoms. The molecule has 0 unspecified atom stereocenters. The van der Waals surface area contributed by atoms with Gasteiger partial charge in [-0.2, -0.15) is 0 Å². The lowest BCUT2D eigenvalue weighted by Gasteiger charge is -2.04. The Labute approximate surface area is 101 Å².